The van der Waals surface area contributed by atoms with Crippen molar-refractivity contribution in [1.29, 1.82) is 0 Å². The molecule has 0 bridgehead atoms. The van der Waals surface area contributed by atoms with E-state index in [0.29, 0.717) is 5.69 Å². The largest absolute Gasteiger partial charge is 0.506 e. The number of aromatic nitrogens is 3. The highest BCUT2D eigenvalue weighted by molar-refractivity contribution is 5.80. The van der Waals surface area contributed by atoms with Gasteiger partial charge in [-0.25, -0.2) is 4.98 Å². The lowest BCUT2D eigenvalue weighted by Gasteiger charge is -2.04. The Morgan fingerprint density at radius 3 is 2.83 bits per heavy atom. The van der Waals surface area contributed by atoms with Crippen molar-refractivity contribution < 1.29 is 5.11 Å². The molecule has 0 aliphatic heterocycles. The van der Waals surface area contributed by atoms with Gasteiger partial charge in [0.1, 0.15) is 11.6 Å². The Bertz CT molecular complexity index is 733. The summed E-state index contributed by atoms with van der Waals surface area (Å²) in [6.45, 7) is 0. The van der Waals surface area contributed by atoms with Crippen molar-refractivity contribution in [3.8, 4) is 17.1 Å². The SMILES string of the molecule is Cn1c(-c2ccc(O)c(N)c2)nc2ccncc21. The van der Waals surface area contributed by atoms with Gasteiger partial charge in [-0.1, -0.05) is 0 Å². The van der Waals surface area contributed by atoms with E-state index in [-0.39, 0.29) is 5.75 Å². The van der Waals surface area contributed by atoms with Gasteiger partial charge in [-0.15, -0.1) is 0 Å². The second-order valence-corrected chi connectivity index (χ2v) is 4.13. The zero-order valence-electron chi connectivity index (χ0n) is 9.83. The van der Waals surface area contributed by atoms with Crippen molar-refractivity contribution in [1.82, 2.24) is 14.5 Å². The van der Waals surface area contributed by atoms with Gasteiger partial charge in [0.05, 0.1) is 22.9 Å². The number of imidazole rings is 1. The quantitative estimate of drug-likeness (QED) is 0.503. The third-order valence-corrected chi connectivity index (χ3v) is 2.97. The molecule has 3 rings (SSSR count). The maximum Gasteiger partial charge on any atom is 0.140 e. The summed E-state index contributed by atoms with van der Waals surface area (Å²) in [6, 6.07) is 6.94. The van der Waals surface area contributed by atoms with Crippen LogP contribution in [0.25, 0.3) is 22.4 Å². The van der Waals surface area contributed by atoms with Gasteiger partial charge in [0.15, 0.2) is 0 Å². The van der Waals surface area contributed by atoms with Crippen LogP contribution in [0.15, 0.2) is 36.7 Å². The number of hydrogen-bond donors (Lipinski definition) is 2. The van der Waals surface area contributed by atoms with Gasteiger partial charge in [0.2, 0.25) is 0 Å². The van der Waals surface area contributed by atoms with E-state index in [2.05, 4.69) is 9.97 Å². The summed E-state index contributed by atoms with van der Waals surface area (Å²) in [4.78, 5) is 8.63. The van der Waals surface area contributed by atoms with Crippen molar-refractivity contribution in [3.63, 3.8) is 0 Å². The molecule has 0 amide bonds. The lowest BCUT2D eigenvalue weighted by atomic mass is 10.2. The number of benzene rings is 1. The van der Waals surface area contributed by atoms with Crippen LogP contribution < -0.4 is 5.73 Å². The maximum atomic E-state index is 9.44. The number of nitrogens with zero attached hydrogens (tertiary/aromatic N) is 3. The molecular formula is C13H12N4O. The number of phenolic OH excluding ortho intramolecular Hbond substituents is 1. The molecular weight excluding hydrogens is 228 g/mol. The van der Waals surface area contributed by atoms with E-state index in [9.17, 15) is 5.11 Å². The van der Waals surface area contributed by atoms with Crippen LogP contribution in [0.4, 0.5) is 5.69 Å². The molecule has 0 radical (unpaired) electrons. The summed E-state index contributed by atoms with van der Waals surface area (Å²) in [5.74, 6) is 0.879. The molecule has 3 N–H and O–H groups in total. The van der Waals surface area contributed by atoms with Crippen LogP contribution in [0.3, 0.4) is 0 Å². The summed E-state index contributed by atoms with van der Waals surface area (Å²) < 4.78 is 1.95. The van der Waals surface area contributed by atoms with Gasteiger partial charge >= 0.3 is 0 Å². The van der Waals surface area contributed by atoms with Crippen LogP contribution in [0, 0.1) is 0 Å². The number of anilines is 1. The standard InChI is InChI=1S/C13H12N4O/c1-17-11-7-15-5-4-10(11)16-13(17)8-2-3-12(18)9(14)6-8/h2-7,18H,14H2,1H3. The van der Waals surface area contributed by atoms with Crippen molar-refractivity contribution in [2.75, 3.05) is 5.73 Å². The Morgan fingerprint density at radius 2 is 2.11 bits per heavy atom. The van der Waals surface area contributed by atoms with E-state index in [4.69, 9.17) is 5.73 Å². The second kappa shape index (κ2) is 3.73. The fourth-order valence-corrected chi connectivity index (χ4v) is 1.99. The molecule has 3 aromatic rings. The normalized spacial score (nSPS) is 10.9. The highest BCUT2D eigenvalue weighted by Crippen LogP contribution is 2.28. The van der Waals surface area contributed by atoms with E-state index in [1.165, 1.54) is 0 Å². The van der Waals surface area contributed by atoms with Crippen LogP contribution in [-0.4, -0.2) is 19.6 Å². The first-order valence-corrected chi connectivity index (χ1v) is 5.52. The van der Waals surface area contributed by atoms with Crippen molar-refractivity contribution in [2.45, 2.75) is 0 Å². The van der Waals surface area contributed by atoms with E-state index in [1.54, 1.807) is 30.6 Å². The predicted octanol–water partition coefficient (Wildman–Crippen LogP) is 1.92. The summed E-state index contributed by atoms with van der Waals surface area (Å²) in [6.07, 6.45) is 3.49. The molecule has 0 saturated carbocycles. The number of aryl methyl sites for hydroxylation is 1. The van der Waals surface area contributed by atoms with Crippen molar-refractivity contribution in [3.05, 3.63) is 36.7 Å². The summed E-state index contributed by atoms with van der Waals surface area (Å²) in [7, 11) is 1.93. The predicted molar refractivity (Wildman–Crippen MR) is 70.0 cm³/mol. The molecule has 0 fully saturated rings. The minimum Gasteiger partial charge on any atom is -0.506 e. The average Bonchev–Trinajstić information content (AvgIpc) is 2.71. The van der Waals surface area contributed by atoms with Gasteiger partial charge in [-0.3, -0.25) is 4.98 Å². The lowest BCUT2D eigenvalue weighted by Crippen LogP contribution is -1.94. The Hall–Kier alpha value is -2.56. The maximum absolute atomic E-state index is 9.44. The molecule has 2 aromatic heterocycles. The first kappa shape index (κ1) is 10.6. The summed E-state index contributed by atoms with van der Waals surface area (Å²) >= 11 is 0. The first-order valence-electron chi connectivity index (χ1n) is 5.52. The highest BCUT2D eigenvalue weighted by atomic mass is 16.3. The molecule has 0 atom stereocenters. The third-order valence-electron chi connectivity index (χ3n) is 2.97. The Balaban J connectivity index is 2.25. The first-order chi connectivity index (χ1) is 8.66. The molecule has 0 aliphatic carbocycles. The van der Waals surface area contributed by atoms with Crippen LogP contribution in [-0.2, 0) is 7.05 Å². The van der Waals surface area contributed by atoms with Gasteiger partial charge in [0, 0.05) is 18.8 Å². The number of nitrogens with two attached hydrogens (primary N) is 1. The molecule has 0 saturated heterocycles. The van der Waals surface area contributed by atoms with Crippen LogP contribution >= 0.6 is 0 Å². The minimum atomic E-state index is 0.0826. The Labute approximate surface area is 104 Å². The zero-order valence-corrected chi connectivity index (χ0v) is 9.83. The topological polar surface area (TPSA) is 77.0 Å². The summed E-state index contributed by atoms with van der Waals surface area (Å²) in [5, 5.41) is 9.44. The monoisotopic (exact) mass is 240 g/mol. The molecule has 0 spiro atoms. The number of pyridine rings is 1. The third kappa shape index (κ3) is 1.48. The van der Waals surface area contributed by atoms with Gasteiger partial charge in [-0.05, 0) is 24.3 Å². The minimum absolute atomic E-state index is 0.0826. The number of phenols is 1. The number of nitrogen functional groups attached to an aromatic ring is 1. The molecule has 0 aliphatic rings. The van der Waals surface area contributed by atoms with E-state index in [0.717, 1.165) is 22.4 Å². The second-order valence-electron chi connectivity index (χ2n) is 4.13. The molecule has 1 aromatic carbocycles. The fourth-order valence-electron chi connectivity index (χ4n) is 1.99. The number of rotatable bonds is 1. The van der Waals surface area contributed by atoms with E-state index in [1.807, 2.05) is 17.7 Å². The van der Waals surface area contributed by atoms with Gasteiger partial charge < -0.3 is 15.4 Å². The fraction of sp³-hybridized carbons (Fsp3) is 0.0769. The molecule has 90 valence electrons. The highest BCUT2D eigenvalue weighted by Gasteiger charge is 2.10. The molecule has 5 heteroatoms. The van der Waals surface area contributed by atoms with Crippen LogP contribution in [0.2, 0.25) is 0 Å². The van der Waals surface area contributed by atoms with Crippen LogP contribution in [0.1, 0.15) is 0 Å². The average molecular weight is 240 g/mol. The molecule has 0 unspecified atom stereocenters. The smallest absolute Gasteiger partial charge is 0.140 e. The van der Waals surface area contributed by atoms with Crippen molar-refractivity contribution in [2.24, 2.45) is 7.05 Å². The van der Waals surface area contributed by atoms with Gasteiger partial charge in [0.25, 0.3) is 0 Å². The number of fused-ring (bicyclic) bond motifs is 1. The lowest BCUT2D eigenvalue weighted by molar-refractivity contribution is 0.478. The van der Waals surface area contributed by atoms with E-state index < -0.39 is 0 Å². The number of aromatic hydroxyl groups is 1. The molecule has 5 nitrogen and oxygen atoms in total. The Morgan fingerprint density at radius 1 is 1.28 bits per heavy atom. The molecule has 18 heavy (non-hydrogen) atoms. The van der Waals surface area contributed by atoms with Gasteiger partial charge in [-0.2, -0.15) is 0 Å². The molecule has 2 heterocycles. The van der Waals surface area contributed by atoms with E-state index >= 15 is 0 Å². The van der Waals surface area contributed by atoms with Crippen LogP contribution in [0.5, 0.6) is 5.75 Å². The summed E-state index contributed by atoms with van der Waals surface area (Å²) in [5.41, 5.74) is 8.75. The van der Waals surface area contributed by atoms with Crippen molar-refractivity contribution >= 4 is 16.7 Å². The number of hydrogen-bond acceptors (Lipinski definition) is 4. The zero-order chi connectivity index (χ0) is 12.7. The Kier molecular flexibility index (Phi) is 2.19.